The highest BCUT2D eigenvalue weighted by atomic mass is 35.5. The van der Waals surface area contributed by atoms with Crippen LogP contribution in [0, 0.1) is 12.8 Å². The maximum absolute atomic E-state index is 12.9. The molecule has 2 amide bonds. The third-order valence-corrected chi connectivity index (χ3v) is 5.46. The summed E-state index contributed by atoms with van der Waals surface area (Å²) in [6, 6.07) is 4.65. The number of imide groups is 1. The number of hydrogen-bond acceptors (Lipinski definition) is 5. The van der Waals surface area contributed by atoms with Crippen LogP contribution in [0.25, 0.3) is 0 Å². The van der Waals surface area contributed by atoms with Crippen LogP contribution in [0.4, 0.5) is 5.69 Å². The third kappa shape index (κ3) is 3.62. The van der Waals surface area contributed by atoms with Crippen molar-refractivity contribution in [3.8, 4) is 0 Å². The van der Waals surface area contributed by atoms with Gasteiger partial charge in [0.15, 0.2) is 0 Å². The number of halogens is 1. The number of carbonyl (C=O) groups is 3. The Labute approximate surface area is 158 Å². The van der Waals surface area contributed by atoms with Crippen LogP contribution in [-0.4, -0.2) is 48.4 Å². The molecule has 6 nitrogen and oxygen atoms in total. The van der Waals surface area contributed by atoms with Gasteiger partial charge < -0.3 is 4.74 Å². The van der Waals surface area contributed by atoms with E-state index < -0.39 is 6.04 Å². The second kappa shape index (κ2) is 7.76. The number of carbonyl (C=O) groups excluding carboxylic acids is 3. The topological polar surface area (TPSA) is 66.9 Å². The zero-order valence-corrected chi connectivity index (χ0v) is 15.8. The highest BCUT2D eigenvalue weighted by molar-refractivity contribution is 6.32. The fraction of sp³-hybridized carbons (Fsp3) is 0.526. The van der Waals surface area contributed by atoms with Crippen molar-refractivity contribution >= 4 is 35.1 Å². The molecule has 140 valence electrons. The smallest absolute Gasteiger partial charge is 0.310 e. The number of amides is 2. The molecule has 3 rings (SSSR count). The van der Waals surface area contributed by atoms with Crippen LogP contribution in [0.2, 0.25) is 5.02 Å². The highest BCUT2D eigenvalue weighted by Crippen LogP contribution is 2.31. The standard InChI is InChI=1S/C19H23ClN2O4/c1-3-26-19(25)13-5-4-8-21(11-13)16-10-17(23)22(18(16)24)14-7-6-12(2)15(20)9-14/h6-7,9,13,16H,3-5,8,10-11H2,1-2H3/t13-,16-/m0/s1. The zero-order chi connectivity index (χ0) is 18.8. The minimum Gasteiger partial charge on any atom is -0.466 e. The molecule has 2 saturated heterocycles. The molecule has 2 fully saturated rings. The van der Waals surface area contributed by atoms with Gasteiger partial charge in [0.1, 0.15) is 0 Å². The Morgan fingerprint density at radius 3 is 2.81 bits per heavy atom. The first-order valence-electron chi connectivity index (χ1n) is 8.96. The van der Waals surface area contributed by atoms with Gasteiger partial charge in [-0.3, -0.25) is 19.3 Å². The lowest BCUT2D eigenvalue weighted by Crippen LogP contribution is -2.48. The number of rotatable bonds is 4. The van der Waals surface area contributed by atoms with Gasteiger partial charge in [0.05, 0.1) is 30.7 Å². The number of esters is 1. The zero-order valence-electron chi connectivity index (χ0n) is 15.0. The molecule has 7 heteroatoms. The van der Waals surface area contributed by atoms with E-state index in [9.17, 15) is 14.4 Å². The number of anilines is 1. The van der Waals surface area contributed by atoms with Crippen molar-refractivity contribution in [2.24, 2.45) is 5.92 Å². The largest absolute Gasteiger partial charge is 0.466 e. The van der Waals surface area contributed by atoms with E-state index in [1.165, 1.54) is 4.90 Å². The van der Waals surface area contributed by atoms with Crippen LogP contribution in [0.5, 0.6) is 0 Å². The lowest BCUT2D eigenvalue weighted by molar-refractivity contribution is -0.150. The molecule has 2 atom stereocenters. The van der Waals surface area contributed by atoms with Gasteiger partial charge in [-0.15, -0.1) is 0 Å². The molecule has 0 saturated carbocycles. The van der Waals surface area contributed by atoms with E-state index >= 15 is 0 Å². The molecule has 0 radical (unpaired) electrons. The number of likely N-dealkylation sites (tertiary alicyclic amines) is 1. The first-order chi connectivity index (χ1) is 12.4. The van der Waals surface area contributed by atoms with Gasteiger partial charge in [-0.1, -0.05) is 17.7 Å². The Morgan fingerprint density at radius 1 is 1.35 bits per heavy atom. The second-order valence-corrected chi connectivity index (χ2v) is 7.21. The first-order valence-corrected chi connectivity index (χ1v) is 9.33. The second-order valence-electron chi connectivity index (χ2n) is 6.81. The Balaban J connectivity index is 1.75. The average molecular weight is 379 g/mol. The first kappa shape index (κ1) is 18.9. The molecule has 0 aromatic heterocycles. The maximum Gasteiger partial charge on any atom is 0.310 e. The van der Waals surface area contributed by atoms with Crippen molar-refractivity contribution in [2.75, 3.05) is 24.6 Å². The normalized spacial score (nSPS) is 24.2. The van der Waals surface area contributed by atoms with E-state index in [4.69, 9.17) is 16.3 Å². The summed E-state index contributed by atoms with van der Waals surface area (Å²) in [5.74, 6) is -0.955. The quantitative estimate of drug-likeness (QED) is 0.595. The predicted molar refractivity (Wildman–Crippen MR) is 98.0 cm³/mol. The summed E-state index contributed by atoms with van der Waals surface area (Å²) >= 11 is 6.15. The monoisotopic (exact) mass is 378 g/mol. The molecule has 0 unspecified atom stereocenters. The van der Waals surface area contributed by atoms with Crippen molar-refractivity contribution in [1.82, 2.24) is 4.90 Å². The lowest BCUT2D eigenvalue weighted by Gasteiger charge is -2.34. The average Bonchev–Trinajstić information content (AvgIpc) is 2.92. The molecule has 2 aliphatic heterocycles. The van der Waals surface area contributed by atoms with Gasteiger partial charge in [-0.05, 0) is 50.9 Å². The summed E-state index contributed by atoms with van der Waals surface area (Å²) in [6.07, 6.45) is 1.68. The summed E-state index contributed by atoms with van der Waals surface area (Å²) in [5.41, 5.74) is 1.39. The minimum atomic E-state index is -0.528. The number of aryl methyl sites for hydroxylation is 1. The van der Waals surface area contributed by atoms with Crippen LogP contribution >= 0.6 is 11.6 Å². The highest BCUT2D eigenvalue weighted by Gasteiger charge is 2.44. The molecule has 1 aromatic rings. The molecular formula is C19H23ClN2O4. The van der Waals surface area contributed by atoms with Gasteiger partial charge in [0, 0.05) is 11.6 Å². The van der Waals surface area contributed by atoms with Crippen LogP contribution in [-0.2, 0) is 19.1 Å². The summed E-state index contributed by atoms with van der Waals surface area (Å²) in [6.45, 7) is 5.14. The Morgan fingerprint density at radius 2 is 2.12 bits per heavy atom. The van der Waals surface area contributed by atoms with E-state index in [2.05, 4.69) is 0 Å². The summed E-state index contributed by atoms with van der Waals surface area (Å²) in [5, 5.41) is 0.520. The van der Waals surface area contributed by atoms with Gasteiger partial charge >= 0.3 is 5.97 Å². The molecule has 0 spiro atoms. The Hall–Kier alpha value is -1.92. The maximum atomic E-state index is 12.9. The minimum absolute atomic E-state index is 0.125. The van der Waals surface area contributed by atoms with Crippen molar-refractivity contribution in [3.63, 3.8) is 0 Å². The molecule has 26 heavy (non-hydrogen) atoms. The Bertz CT molecular complexity index is 736. The number of nitrogens with zero attached hydrogens (tertiary/aromatic N) is 2. The molecule has 0 N–H and O–H groups in total. The summed E-state index contributed by atoms with van der Waals surface area (Å²) in [4.78, 5) is 40.6. The van der Waals surface area contributed by atoms with Gasteiger partial charge in [0.25, 0.3) is 5.91 Å². The van der Waals surface area contributed by atoms with Crippen LogP contribution < -0.4 is 4.90 Å². The SMILES string of the molecule is CCOC(=O)[C@H]1CCCN([C@H]2CC(=O)N(c3ccc(C)c(Cl)c3)C2=O)C1. The van der Waals surface area contributed by atoms with Crippen molar-refractivity contribution in [1.29, 1.82) is 0 Å². The van der Waals surface area contributed by atoms with E-state index in [0.717, 1.165) is 18.4 Å². The third-order valence-electron chi connectivity index (χ3n) is 5.05. The van der Waals surface area contributed by atoms with Gasteiger partial charge in [-0.2, -0.15) is 0 Å². The van der Waals surface area contributed by atoms with Crippen LogP contribution in [0.15, 0.2) is 18.2 Å². The predicted octanol–water partition coefficient (Wildman–Crippen LogP) is 2.56. The van der Waals surface area contributed by atoms with Crippen LogP contribution in [0.1, 0.15) is 31.7 Å². The van der Waals surface area contributed by atoms with Crippen molar-refractivity contribution < 1.29 is 19.1 Å². The van der Waals surface area contributed by atoms with Crippen molar-refractivity contribution in [3.05, 3.63) is 28.8 Å². The molecule has 0 aliphatic carbocycles. The molecular weight excluding hydrogens is 356 g/mol. The lowest BCUT2D eigenvalue weighted by atomic mass is 9.96. The van der Waals surface area contributed by atoms with Crippen molar-refractivity contribution in [2.45, 2.75) is 39.2 Å². The fourth-order valence-electron chi connectivity index (χ4n) is 3.64. The number of piperidine rings is 1. The summed E-state index contributed by atoms with van der Waals surface area (Å²) < 4.78 is 5.11. The fourth-order valence-corrected chi connectivity index (χ4v) is 3.81. The number of hydrogen-bond donors (Lipinski definition) is 0. The van der Waals surface area contributed by atoms with E-state index in [-0.39, 0.29) is 30.1 Å². The van der Waals surface area contributed by atoms with Crippen LogP contribution in [0.3, 0.4) is 0 Å². The molecule has 2 aliphatic rings. The molecule has 1 aromatic carbocycles. The Kier molecular flexibility index (Phi) is 5.63. The van der Waals surface area contributed by atoms with Gasteiger partial charge in [-0.25, -0.2) is 4.90 Å². The number of benzene rings is 1. The van der Waals surface area contributed by atoms with E-state index in [1.54, 1.807) is 25.1 Å². The van der Waals surface area contributed by atoms with E-state index in [0.29, 0.717) is 30.4 Å². The summed E-state index contributed by atoms with van der Waals surface area (Å²) in [7, 11) is 0. The van der Waals surface area contributed by atoms with E-state index in [1.807, 2.05) is 11.8 Å². The molecule has 0 bridgehead atoms. The molecule has 2 heterocycles. The van der Waals surface area contributed by atoms with Gasteiger partial charge in [0.2, 0.25) is 5.91 Å². The number of ether oxygens (including phenoxy) is 1.